The first-order valence-corrected chi connectivity index (χ1v) is 9.38. The van der Waals surface area contributed by atoms with Crippen LogP contribution in [0.5, 0.6) is 11.5 Å². The molecule has 1 aromatic carbocycles. The molecule has 0 aliphatic carbocycles. The first kappa shape index (κ1) is 19.8. The molecule has 8 heteroatoms. The molecular formula is C19H26ClN3O4. The molecule has 0 radical (unpaired) electrons. The zero-order valence-corrected chi connectivity index (χ0v) is 16.2. The Hall–Kier alpha value is -1.99. The van der Waals surface area contributed by atoms with Crippen LogP contribution in [0.2, 0.25) is 0 Å². The lowest BCUT2D eigenvalue weighted by atomic mass is 9.99. The van der Waals surface area contributed by atoms with Crippen molar-refractivity contribution in [1.29, 1.82) is 0 Å². The van der Waals surface area contributed by atoms with Gasteiger partial charge < -0.3 is 25.0 Å². The second-order valence-electron chi connectivity index (χ2n) is 7.22. The summed E-state index contributed by atoms with van der Waals surface area (Å²) in [6.07, 6.45) is 3.58. The van der Waals surface area contributed by atoms with E-state index >= 15 is 0 Å². The van der Waals surface area contributed by atoms with Gasteiger partial charge in [-0.3, -0.25) is 9.59 Å². The van der Waals surface area contributed by atoms with Gasteiger partial charge in [0.1, 0.15) is 6.04 Å². The van der Waals surface area contributed by atoms with E-state index in [9.17, 15) is 9.59 Å². The Morgan fingerprint density at radius 3 is 2.81 bits per heavy atom. The average Bonchev–Trinajstić information content (AvgIpc) is 3.31. The van der Waals surface area contributed by atoms with Crippen LogP contribution in [-0.2, 0) is 4.79 Å². The molecule has 0 aromatic heterocycles. The Labute approximate surface area is 165 Å². The molecule has 27 heavy (non-hydrogen) atoms. The van der Waals surface area contributed by atoms with Crippen LogP contribution in [0.4, 0.5) is 0 Å². The molecule has 3 atom stereocenters. The fourth-order valence-electron chi connectivity index (χ4n) is 4.00. The standard InChI is InChI=1S/C19H25N3O4.ClH/c1-12-14(4-2-8-20-12)21-18(23)15-5-3-9-22(15)19(24)13-6-7-16-17(10-13)26-11-25-16;/h6-7,10,12,14-15,20H,2-5,8-9,11H2,1H3,(H,21,23);1H. The van der Waals surface area contributed by atoms with Crippen LogP contribution >= 0.6 is 12.4 Å². The summed E-state index contributed by atoms with van der Waals surface area (Å²) in [6, 6.07) is 5.16. The summed E-state index contributed by atoms with van der Waals surface area (Å²) in [5.41, 5.74) is 0.529. The molecule has 3 aliphatic rings. The summed E-state index contributed by atoms with van der Waals surface area (Å²) in [5.74, 6) is 1.06. The third-order valence-electron chi connectivity index (χ3n) is 5.53. The number of likely N-dealkylation sites (tertiary alicyclic amines) is 1. The maximum absolute atomic E-state index is 13.0. The number of nitrogens with zero attached hydrogens (tertiary/aromatic N) is 1. The molecule has 0 bridgehead atoms. The smallest absolute Gasteiger partial charge is 0.254 e. The molecule has 0 spiro atoms. The number of hydrogen-bond donors (Lipinski definition) is 2. The molecule has 0 saturated carbocycles. The number of ether oxygens (including phenoxy) is 2. The number of benzene rings is 1. The largest absolute Gasteiger partial charge is 0.454 e. The minimum Gasteiger partial charge on any atom is -0.454 e. The van der Waals surface area contributed by atoms with E-state index in [-0.39, 0.29) is 43.1 Å². The number of piperidine rings is 1. The van der Waals surface area contributed by atoms with E-state index in [4.69, 9.17) is 9.47 Å². The normalized spacial score (nSPS) is 26.4. The van der Waals surface area contributed by atoms with Gasteiger partial charge >= 0.3 is 0 Å². The summed E-state index contributed by atoms with van der Waals surface area (Å²) in [7, 11) is 0. The summed E-state index contributed by atoms with van der Waals surface area (Å²) in [6.45, 7) is 3.86. The van der Waals surface area contributed by atoms with E-state index in [1.165, 1.54) is 0 Å². The van der Waals surface area contributed by atoms with Crippen molar-refractivity contribution in [2.24, 2.45) is 0 Å². The molecule has 2 amide bonds. The van der Waals surface area contributed by atoms with Crippen LogP contribution in [0.25, 0.3) is 0 Å². The SMILES string of the molecule is CC1NCCCC1NC(=O)C1CCCN1C(=O)c1ccc2c(c1)OCO2.Cl. The molecule has 7 nitrogen and oxygen atoms in total. The Morgan fingerprint density at radius 2 is 2.00 bits per heavy atom. The fraction of sp³-hybridized carbons (Fsp3) is 0.579. The van der Waals surface area contributed by atoms with E-state index in [2.05, 4.69) is 17.6 Å². The van der Waals surface area contributed by atoms with Crippen LogP contribution < -0.4 is 20.1 Å². The third kappa shape index (κ3) is 3.99. The van der Waals surface area contributed by atoms with Gasteiger partial charge in [0.15, 0.2) is 11.5 Å². The highest BCUT2D eigenvalue weighted by atomic mass is 35.5. The van der Waals surface area contributed by atoms with Crippen molar-refractivity contribution >= 4 is 24.2 Å². The zero-order chi connectivity index (χ0) is 18.1. The van der Waals surface area contributed by atoms with E-state index in [0.717, 1.165) is 25.8 Å². The van der Waals surface area contributed by atoms with Crippen molar-refractivity contribution in [3.05, 3.63) is 23.8 Å². The van der Waals surface area contributed by atoms with Gasteiger partial charge in [-0.2, -0.15) is 0 Å². The molecule has 148 valence electrons. The Balaban J connectivity index is 0.00000210. The number of amides is 2. The molecule has 2 saturated heterocycles. The van der Waals surface area contributed by atoms with E-state index in [0.29, 0.717) is 30.0 Å². The van der Waals surface area contributed by atoms with Gasteiger partial charge in [-0.05, 0) is 57.4 Å². The van der Waals surface area contributed by atoms with E-state index in [1.807, 2.05) is 0 Å². The first-order valence-electron chi connectivity index (χ1n) is 9.38. The van der Waals surface area contributed by atoms with Crippen LogP contribution in [0.15, 0.2) is 18.2 Å². The average molecular weight is 396 g/mol. The molecular weight excluding hydrogens is 370 g/mol. The van der Waals surface area contributed by atoms with Crippen LogP contribution in [0.1, 0.15) is 43.0 Å². The van der Waals surface area contributed by atoms with Crippen LogP contribution in [0.3, 0.4) is 0 Å². The molecule has 1 aromatic rings. The number of hydrogen-bond acceptors (Lipinski definition) is 5. The molecule has 3 unspecified atom stereocenters. The number of halogens is 1. The lowest BCUT2D eigenvalue weighted by molar-refractivity contribution is -0.125. The number of rotatable bonds is 3. The Morgan fingerprint density at radius 1 is 1.19 bits per heavy atom. The second kappa shape index (κ2) is 8.35. The van der Waals surface area contributed by atoms with Crippen molar-refractivity contribution in [3.8, 4) is 11.5 Å². The van der Waals surface area contributed by atoms with Crippen LogP contribution in [0, 0.1) is 0 Å². The van der Waals surface area contributed by atoms with Crippen molar-refractivity contribution in [2.45, 2.75) is 50.7 Å². The Kier molecular flexibility index (Phi) is 6.11. The predicted molar refractivity (Wildman–Crippen MR) is 103 cm³/mol. The second-order valence-corrected chi connectivity index (χ2v) is 7.22. The minimum atomic E-state index is -0.401. The number of nitrogens with one attached hydrogen (secondary N) is 2. The number of carbonyl (C=O) groups is 2. The lowest BCUT2D eigenvalue weighted by Crippen LogP contribution is -2.56. The summed E-state index contributed by atoms with van der Waals surface area (Å²) in [5, 5.41) is 6.54. The van der Waals surface area contributed by atoms with Crippen molar-refractivity contribution in [1.82, 2.24) is 15.5 Å². The maximum Gasteiger partial charge on any atom is 0.254 e. The fourth-order valence-corrected chi connectivity index (χ4v) is 4.00. The molecule has 4 rings (SSSR count). The summed E-state index contributed by atoms with van der Waals surface area (Å²) >= 11 is 0. The number of fused-ring (bicyclic) bond motifs is 1. The maximum atomic E-state index is 13.0. The zero-order valence-electron chi connectivity index (χ0n) is 15.4. The summed E-state index contributed by atoms with van der Waals surface area (Å²) < 4.78 is 10.7. The van der Waals surface area contributed by atoms with Gasteiger partial charge in [0.05, 0.1) is 0 Å². The van der Waals surface area contributed by atoms with E-state index in [1.54, 1.807) is 23.1 Å². The molecule has 3 aliphatic heterocycles. The van der Waals surface area contributed by atoms with Gasteiger partial charge in [-0.1, -0.05) is 0 Å². The van der Waals surface area contributed by atoms with Crippen LogP contribution in [-0.4, -0.2) is 54.7 Å². The lowest BCUT2D eigenvalue weighted by Gasteiger charge is -2.33. The third-order valence-corrected chi connectivity index (χ3v) is 5.53. The van der Waals surface area contributed by atoms with E-state index < -0.39 is 6.04 Å². The highest BCUT2D eigenvalue weighted by molar-refractivity contribution is 5.98. The highest BCUT2D eigenvalue weighted by Gasteiger charge is 2.36. The monoisotopic (exact) mass is 395 g/mol. The van der Waals surface area contributed by atoms with Crippen molar-refractivity contribution < 1.29 is 19.1 Å². The van der Waals surface area contributed by atoms with Gasteiger partial charge in [0.2, 0.25) is 12.7 Å². The predicted octanol–water partition coefficient (Wildman–Crippen LogP) is 1.70. The Bertz CT molecular complexity index is 714. The topological polar surface area (TPSA) is 79.9 Å². The highest BCUT2D eigenvalue weighted by Crippen LogP contribution is 2.33. The van der Waals surface area contributed by atoms with Gasteiger partial charge in [0, 0.05) is 24.2 Å². The minimum absolute atomic E-state index is 0. The summed E-state index contributed by atoms with van der Waals surface area (Å²) in [4.78, 5) is 27.5. The molecule has 3 heterocycles. The van der Waals surface area contributed by atoms with Gasteiger partial charge in [-0.15, -0.1) is 12.4 Å². The first-order chi connectivity index (χ1) is 12.6. The molecule has 2 fully saturated rings. The van der Waals surface area contributed by atoms with Crippen molar-refractivity contribution in [2.75, 3.05) is 19.9 Å². The van der Waals surface area contributed by atoms with Crippen molar-refractivity contribution in [3.63, 3.8) is 0 Å². The molecule has 2 N–H and O–H groups in total. The quantitative estimate of drug-likeness (QED) is 0.814. The number of carbonyl (C=O) groups excluding carboxylic acids is 2. The van der Waals surface area contributed by atoms with Gasteiger partial charge in [0.25, 0.3) is 5.91 Å². The van der Waals surface area contributed by atoms with Gasteiger partial charge in [-0.25, -0.2) is 0 Å².